The Hall–Kier alpha value is -10.0. The molecule has 0 fully saturated rings. The van der Waals surface area contributed by atoms with E-state index in [4.69, 9.17) is 4.74 Å². The van der Waals surface area contributed by atoms with Crippen molar-refractivity contribution in [1.82, 2.24) is 0 Å². The molecule has 0 unspecified atom stereocenters. The molecule has 0 radical (unpaired) electrons. The summed E-state index contributed by atoms with van der Waals surface area (Å²) < 4.78 is 7.26. The van der Waals surface area contributed by atoms with E-state index >= 15 is 0 Å². The first-order valence-electron chi connectivity index (χ1n) is 27.1. The Balaban J connectivity index is 0.873. The van der Waals surface area contributed by atoms with E-state index in [9.17, 15) is 0 Å². The number of ether oxygens (including phenoxy) is 1. The van der Waals surface area contributed by atoms with Crippen LogP contribution in [0, 0.1) is 0 Å². The molecule has 0 aromatic heterocycles. The van der Waals surface area contributed by atoms with Crippen molar-refractivity contribution in [3.63, 3.8) is 0 Å². The standard InChI is InChI=1S/C76H49NO/c1-4-19-50(20-5-1)54-23-18-28-59(47-54)77(60-42-46-69-66(49-60)64-32-15-16-33-67(64)75(69,56-24-6-2-7-25-56)57-26-8-3-9-27-57)58-40-35-51(36-41-58)55-37-43-65-63-31-14-17-34-68(63)76(72(65)48-55)70-44-38-52-21-10-12-29-61(52)73(70)78-74-62-30-13-11-22-53(62)39-45-71(74)76/h1-49H. The number of hydrogen-bond acceptors (Lipinski definition) is 2. The highest BCUT2D eigenvalue weighted by molar-refractivity contribution is 6.00. The molecule has 3 aliphatic rings. The highest BCUT2D eigenvalue weighted by atomic mass is 16.5. The van der Waals surface area contributed by atoms with Gasteiger partial charge in [-0.25, -0.2) is 0 Å². The minimum absolute atomic E-state index is 0.487. The third kappa shape index (κ3) is 6.32. The third-order valence-corrected chi connectivity index (χ3v) is 17.2. The Labute approximate surface area is 454 Å². The van der Waals surface area contributed by atoms with Gasteiger partial charge in [-0.1, -0.05) is 255 Å². The van der Waals surface area contributed by atoms with Gasteiger partial charge in [-0.15, -0.1) is 0 Å². The first-order valence-corrected chi connectivity index (χ1v) is 27.1. The average Bonchev–Trinajstić information content (AvgIpc) is 4.19. The molecule has 78 heavy (non-hydrogen) atoms. The van der Waals surface area contributed by atoms with Gasteiger partial charge in [0.2, 0.25) is 0 Å². The Morgan fingerprint density at radius 1 is 0.244 bits per heavy atom. The zero-order valence-corrected chi connectivity index (χ0v) is 42.6. The zero-order valence-electron chi connectivity index (χ0n) is 42.6. The van der Waals surface area contributed by atoms with Gasteiger partial charge in [0.1, 0.15) is 11.5 Å². The fourth-order valence-electron chi connectivity index (χ4n) is 13.9. The van der Waals surface area contributed by atoms with E-state index < -0.39 is 10.8 Å². The lowest BCUT2D eigenvalue weighted by Crippen LogP contribution is -2.32. The van der Waals surface area contributed by atoms with Gasteiger partial charge in [0.25, 0.3) is 0 Å². The maximum absolute atomic E-state index is 7.26. The average molecular weight is 992 g/mol. The highest BCUT2D eigenvalue weighted by Gasteiger charge is 2.52. The topological polar surface area (TPSA) is 12.5 Å². The van der Waals surface area contributed by atoms with Crippen LogP contribution < -0.4 is 9.64 Å². The normalized spacial score (nSPS) is 13.7. The summed E-state index contributed by atoms with van der Waals surface area (Å²) >= 11 is 0. The Morgan fingerprint density at radius 2 is 0.692 bits per heavy atom. The van der Waals surface area contributed by atoms with Crippen LogP contribution in [0.3, 0.4) is 0 Å². The predicted octanol–water partition coefficient (Wildman–Crippen LogP) is 19.6. The largest absolute Gasteiger partial charge is 0.455 e. The minimum atomic E-state index is -0.635. The van der Waals surface area contributed by atoms with Gasteiger partial charge in [0.15, 0.2) is 0 Å². The lowest BCUT2D eigenvalue weighted by molar-refractivity contribution is 0.447. The first-order chi connectivity index (χ1) is 38.7. The molecule has 16 rings (SSSR count). The van der Waals surface area contributed by atoms with Crippen molar-refractivity contribution in [2.45, 2.75) is 10.8 Å². The van der Waals surface area contributed by atoms with Crippen LogP contribution in [0.25, 0.3) is 66.1 Å². The van der Waals surface area contributed by atoms with Crippen LogP contribution in [0.2, 0.25) is 0 Å². The molecule has 1 heterocycles. The monoisotopic (exact) mass is 991 g/mol. The SMILES string of the molecule is c1ccc(-c2cccc(N(c3ccc(-c4ccc5c(c4)C4(c6ccccc6-5)c5ccc6ccccc6c5Oc5c4ccc4ccccc54)cc3)c3ccc4c(c3)-c3ccccc3C4(c3ccccc3)c3ccccc3)c2)cc1. The molecular formula is C76H49NO. The Kier molecular flexibility index (Phi) is 9.80. The van der Waals surface area contributed by atoms with Gasteiger partial charge in [-0.2, -0.15) is 0 Å². The number of anilines is 3. The van der Waals surface area contributed by atoms with Crippen molar-refractivity contribution in [1.29, 1.82) is 0 Å². The summed E-state index contributed by atoms with van der Waals surface area (Å²) in [6.45, 7) is 0. The summed E-state index contributed by atoms with van der Waals surface area (Å²) in [7, 11) is 0. The second-order valence-electron chi connectivity index (χ2n) is 21.0. The summed E-state index contributed by atoms with van der Waals surface area (Å²) in [6, 6.07) is 110. The van der Waals surface area contributed by atoms with Crippen LogP contribution in [0.1, 0.15) is 44.5 Å². The van der Waals surface area contributed by atoms with Gasteiger partial charge in [-0.05, 0) is 131 Å². The maximum Gasteiger partial charge on any atom is 0.140 e. The van der Waals surface area contributed by atoms with Crippen LogP contribution in [-0.4, -0.2) is 0 Å². The first kappa shape index (κ1) is 44.3. The van der Waals surface area contributed by atoms with Crippen molar-refractivity contribution >= 4 is 38.6 Å². The summed E-state index contributed by atoms with van der Waals surface area (Å²) in [4.78, 5) is 2.43. The van der Waals surface area contributed by atoms with Crippen LogP contribution in [0.15, 0.2) is 297 Å². The van der Waals surface area contributed by atoms with E-state index in [0.29, 0.717) is 0 Å². The predicted molar refractivity (Wildman–Crippen MR) is 322 cm³/mol. The summed E-state index contributed by atoms with van der Waals surface area (Å²) in [6.07, 6.45) is 0. The molecule has 0 saturated carbocycles. The van der Waals surface area contributed by atoms with Crippen molar-refractivity contribution < 1.29 is 4.74 Å². The molecule has 0 bridgehead atoms. The quantitative estimate of drug-likeness (QED) is 0.158. The third-order valence-electron chi connectivity index (χ3n) is 17.2. The molecule has 1 aliphatic heterocycles. The Morgan fingerprint density at radius 3 is 1.35 bits per heavy atom. The summed E-state index contributed by atoms with van der Waals surface area (Å²) in [5, 5.41) is 4.55. The van der Waals surface area contributed by atoms with E-state index in [0.717, 1.165) is 72.4 Å². The van der Waals surface area contributed by atoms with Gasteiger partial charge in [0, 0.05) is 39.0 Å². The molecular weight excluding hydrogens is 943 g/mol. The lowest BCUT2D eigenvalue weighted by Gasteiger charge is -2.40. The molecule has 0 N–H and O–H groups in total. The number of fused-ring (bicyclic) bond motifs is 16. The van der Waals surface area contributed by atoms with Gasteiger partial charge in [-0.3, -0.25) is 0 Å². The fraction of sp³-hybridized carbons (Fsp3) is 0.0263. The zero-order chi connectivity index (χ0) is 51.4. The lowest BCUT2D eigenvalue weighted by atomic mass is 9.65. The number of benzene rings is 13. The van der Waals surface area contributed by atoms with Crippen LogP contribution >= 0.6 is 0 Å². The van der Waals surface area contributed by atoms with Crippen molar-refractivity contribution in [3.8, 4) is 56.0 Å². The number of nitrogens with zero attached hydrogens (tertiary/aromatic N) is 1. The second kappa shape index (κ2) is 17.3. The molecule has 13 aromatic carbocycles. The van der Waals surface area contributed by atoms with E-state index in [2.05, 4.69) is 302 Å². The molecule has 0 amide bonds. The molecule has 13 aromatic rings. The van der Waals surface area contributed by atoms with Crippen LogP contribution in [0.5, 0.6) is 11.5 Å². The molecule has 364 valence electrons. The number of rotatable bonds is 7. The smallest absolute Gasteiger partial charge is 0.140 e. The molecule has 1 spiro atoms. The van der Waals surface area contributed by atoms with Crippen LogP contribution in [-0.2, 0) is 10.8 Å². The fourth-order valence-corrected chi connectivity index (χ4v) is 13.9. The highest BCUT2D eigenvalue weighted by Crippen LogP contribution is 2.64. The van der Waals surface area contributed by atoms with Crippen molar-refractivity contribution in [3.05, 3.63) is 342 Å². The van der Waals surface area contributed by atoms with E-state index in [-0.39, 0.29) is 0 Å². The van der Waals surface area contributed by atoms with E-state index in [1.54, 1.807) is 0 Å². The molecule has 2 aliphatic carbocycles. The Bertz CT molecular complexity index is 4400. The summed E-state index contributed by atoms with van der Waals surface area (Å²) in [5.74, 6) is 1.85. The maximum atomic E-state index is 7.26. The second-order valence-corrected chi connectivity index (χ2v) is 21.0. The van der Waals surface area contributed by atoms with Crippen LogP contribution in [0.4, 0.5) is 17.1 Å². The molecule has 0 saturated heterocycles. The van der Waals surface area contributed by atoms with E-state index in [1.807, 2.05) is 0 Å². The van der Waals surface area contributed by atoms with E-state index in [1.165, 1.54) is 66.8 Å². The molecule has 0 atom stereocenters. The van der Waals surface area contributed by atoms with Gasteiger partial charge in [0.05, 0.1) is 10.8 Å². The summed E-state index contributed by atoms with van der Waals surface area (Å²) in [5.41, 5.74) is 21.7. The molecule has 2 nitrogen and oxygen atoms in total. The number of hydrogen-bond donors (Lipinski definition) is 0. The van der Waals surface area contributed by atoms with Crippen molar-refractivity contribution in [2.75, 3.05) is 4.90 Å². The molecule has 2 heteroatoms. The van der Waals surface area contributed by atoms with Gasteiger partial charge >= 0.3 is 0 Å². The minimum Gasteiger partial charge on any atom is -0.455 e. The van der Waals surface area contributed by atoms with Gasteiger partial charge < -0.3 is 9.64 Å². The van der Waals surface area contributed by atoms with Crippen molar-refractivity contribution in [2.24, 2.45) is 0 Å².